The molecule has 0 spiro atoms. The van der Waals surface area contributed by atoms with Crippen molar-refractivity contribution in [3.63, 3.8) is 0 Å². The first kappa shape index (κ1) is 18.8. The van der Waals surface area contributed by atoms with Crippen LogP contribution in [0.3, 0.4) is 0 Å². The summed E-state index contributed by atoms with van der Waals surface area (Å²) < 4.78 is 0. The van der Waals surface area contributed by atoms with Gasteiger partial charge < -0.3 is 4.90 Å². The third kappa shape index (κ3) is 4.65. The van der Waals surface area contributed by atoms with Crippen LogP contribution in [0.15, 0.2) is 60.2 Å². The SMILES string of the molecule is O=C(Cc1csc(-c2cccnc2)n1)N(CCc1ccccc1)C1CCCC1. The molecule has 0 radical (unpaired) electrons. The highest BCUT2D eigenvalue weighted by atomic mass is 32.1. The van der Waals surface area contributed by atoms with Crippen LogP contribution in [0.25, 0.3) is 10.6 Å². The lowest BCUT2D eigenvalue weighted by Gasteiger charge is -2.29. The second-order valence-electron chi connectivity index (χ2n) is 7.32. The van der Waals surface area contributed by atoms with E-state index >= 15 is 0 Å². The Kier molecular flexibility index (Phi) is 6.12. The molecule has 0 atom stereocenters. The second kappa shape index (κ2) is 9.11. The molecule has 1 amide bonds. The van der Waals surface area contributed by atoms with Crippen LogP contribution >= 0.6 is 11.3 Å². The maximum absolute atomic E-state index is 13.1. The van der Waals surface area contributed by atoms with E-state index in [0.29, 0.717) is 12.5 Å². The summed E-state index contributed by atoms with van der Waals surface area (Å²) in [5.41, 5.74) is 3.14. The Morgan fingerprint density at radius 1 is 1.11 bits per heavy atom. The van der Waals surface area contributed by atoms with E-state index in [0.717, 1.165) is 42.1 Å². The number of aromatic nitrogens is 2. The van der Waals surface area contributed by atoms with Crippen molar-refractivity contribution in [3.8, 4) is 10.6 Å². The number of benzene rings is 1. The minimum atomic E-state index is 0.200. The Hall–Kier alpha value is -2.53. The molecule has 0 N–H and O–H groups in total. The van der Waals surface area contributed by atoms with Crippen LogP contribution in [-0.2, 0) is 17.6 Å². The molecule has 1 aliphatic rings. The van der Waals surface area contributed by atoms with Crippen LogP contribution in [0.1, 0.15) is 36.9 Å². The Morgan fingerprint density at radius 3 is 2.68 bits per heavy atom. The van der Waals surface area contributed by atoms with E-state index < -0.39 is 0 Å². The first-order valence-corrected chi connectivity index (χ1v) is 10.9. The highest BCUT2D eigenvalue weighted by Gasteiger charge is 2.26. The van der Waals surface area contributed by atoms with Crippen LogP contribution in [0.5, 0.6) is 0 Å². The van der Waals surface area contributed by atoms with Gasteiger partial charge in [0.05, 0.1) is 12.1 Å². The smallest absolute Gasteiger partial charge is 0.228 e. The lowest BCUT2D eigenvalue weighted by molar-refractivity contribution is -0.132. The molecule has 3 aromatic rings. The van der Waals surface area contributed by atoms with E-state index in [2.05, 4.69) is 39.1 Å². The lowest BCUT2D eigenvalue weighted by atomic mass is 10.1. The summed E-state index contributed by atoms with van der Waals surface area (Å²) in [6.45, 7) is 0.785. The monoisotopic (exact) mass is 391 g/mol. The molecule has 2 aromatic heterocycles. The Labute approximate surface area is 170 Å². The Morgan fingerprint density at radius 2 is 1.93 bits per heavy atom. The first-order valence-electron chi connectivity index (χ1n) is 9.98. The van der Waals surface area contributed by atoms with E-state index in [1.165, 1.54) is 18.4 Å². The molecule has 1 aliphatic carbocycles. The topological polar surface area (TPSA) is 46.1 Å². The molecular formula is C23H25N3OS. The number of carbonyl (C=O) groups excluding carboxylic acids is 1. The predicted molar refractivity (Wildman–Crippen MR) is 113 cm³/mol. The van der Waals surface area contributed by atoms with Gasteiger partial charge in [0.2, 0.25) is 5.91 Å². The lowest BCUT2D eigenvalue weighted by Crippen LogP contribution is -2.41. The number of nitrogens with zero attached hydrogens (tertiary/aromatic N) is 3. The van der Waals surface area contributed by atoms with Crippen LogP contribution in [0.4, 0.5) is 0 Å². The Bertz CT molecular complexity index is 888. The standard InChI is InChI=1S/C23H25N3OS/c27-22(15-20-17-28-23(25-20)19-9-6-13-24-16-19)26(21-10-4-5-11-21)14-12-18-7-2-1-3-8-18/h1-3,6-9,13,16-17,21H,4-5,10-12,14-15H2. The highest BCUT2D eigenvalue weighted by molar-refractivity contribution is 7.13. The number of pyridine rings is 1. The summed E-state index contributed by atoms with van der Waals surface area (Å²) in [6, 6.07) is 14.7. The summed E-state index contributed by atoms with van der Waals surface area (Å²) in [5.74, 6) is 0.200. The summed E-state index contributed by atoms with van der Waals surface area (Å²) in [5, 5.41) is 2.93. The molecule has 0 unspecified atom stereocenters. The van der Waals surface area contributed by atoms with Crippen molar-refractivity contribution in [1.82, 2.24) is 14.9 Å². The zero-order chi connectivity index (χ0) is 19.2. The number of amides is 1. The molecule has 0 saturated heterocycles. The average Bonchev–Trinajstić information content (AvgIpc) is 3.42. The summed E-state index contributed by atoms with van der Waals surface area (Å²) in [4.78, 5) is 24.1. The number of hydrogen-bond acceptors (Lipinski definition) is 4. The second-order valence-corrected chi connectivity index (χ2v) is 8.18. The zero-order valence-corrected chi connectivity index (χ0v) is 16.8. The summed E-state index contributed by atoms with van der Waals surface area (Å²) >= 11 is 1.58. The van der Waals surface area contributed by atoms with Crippen molar-refractivity contribution < 1.29 is 4.79 Å². The molecule has 1 fully saturated rings. The van der Waals surface area contributed by atoms with E-state index in [-0.39, 0.29) is 5.91 Å². The van der Waals surface area contributed by atoms with Crippen molar-refractivity contribution in [2.45, 2.75) is 44.6 Å². The van der Waals surface area contributed by atoms with Gasteiger partial charge in [-0.25, -0.2) is 4.98 Å². The molecule has 0 aliphatic heterocycles. The van der Waals surface area contributed by atoms with E-state index in [4.69, 9.17) is 0 Å². The Balaban J connectivity index is 1.44. The fraction of sp³-hybridized carbons (Fsp3) is 0.348. The fourth-order valence-electron chi connectivity index (χ4n) is 3.89. The molecule has 4 rings (SSSR count). The van der Waals surface area contributed by atoms with Crippen molar-refractivity contribution in [2.75, 3.05) is 6.54 Å². The van der Waals surface area contributed by atoms with Gasteiger partial charge in [-0.3, -0.25) is 9.78 Å². The third-order valence-corrected chi connectivity index (χ3v) is 6.30. The number of thiazole rings is 1. The van der Waals surface area contributed by atoms with Gasteiger partial charge in [-0.05, 0) is 37.0 Å². The summed E-state index contributed by atoms with van der Waals surface area (Å²) in [6.07, 6.45) is 9.55. The van der Waals surface area contributed by atoms with Crippen LogP contribution in [-0.4, -0.2) is 33.4 Å². The van der Waals surface area contributed by atoms with Gasteiger partial charge in [0.25, 0.3) is 0 Å². The largest absolute Gasteiger partial charge is 0.339 e. The molecular weight excluding hydrogens is 366 g/mol. The highest BCUT2D eigenvalue weighted by Crippen LogP contribution is 2.26. The first-order chi connectivity index (χ1) is 13.8. The minimum Gasteiger partial charge on any atom is -0.339 e. The zero-order valence-electron chi connectivity index (χ0n) is 16.0. The number of rotatable bonds is 7. The molecule has 1 saturated carbocycles. The van der Waals surface area contributed by atoms with Crippen LogP contribution in [0, 0.1) is 0 Å². The van der Waals surface area contributed by atoms with Crippen molar-refractivity contribution in [3.05, 3.63) is 71.5 Å². The average molecular weight is 392 g/mol. The maximum atomic E-state index is 13.1. The number of carbonyl (C=O) groups is 1. The van der Waals surface area contributed by atoms with Gasteiger partial charge in [0, 0.05) is 35.9 Å². The predicted octanol–water partition coefficient (Wildman–Crippen LogP) is 4.76. The molecule has 4 nitrogen and oxygen atoms in total. The van der Waals surface area contributed by atoms with Gasteiger partial charge in [-0.1, -0.05) is 43.2 Å². The summed E-state index contributed by atoms with van der Waals surface area (Å²) in [7, 11) is 0. The van der Waals surface area contributed by atoms with Gasteiger partial charge in [-0.15, -0.1) is 11.3 Å². The molecule has 144 valence electrons. The van der Waals surface area contributed by atoms with Gasteiger partial charge in [-0.2, -0.15) is 0 Å². The molecule has 0 bridgehead atoms. The van der Waals surface area contributed by atoms with Crippen LogP contribution < -0.4 is 0 Å². The molecule has 1 aromatic carbocycles. The minimum absolute atomic E-state index is 0.200. The van der Waals surface area contributed by atoms with Crippen molar-refractivity contribution in [2.24, 2.45) is 0 Å². The molecule has 5 heteroatoms. The van der Waals surface area contributed by atoms with Gasteiger partial charge in [0.15, 0.2) is 0 Å². The van der Waals surface area contributed by atoms with Crippen LogP contribution in [0.2, 0.25) is 0 Å². The van der Waals surface area contributed by atoms with Gasteiger partial charge >= 0.3 is 0 Å². The van der Waals surface area contributed by atoms with Gasteiger partial charge in [0.1, 0.15) is 5.01 Å². The number of hydrogen-bond donors (Lipinski definition) is 0. The van der Waals surface area contributed by atoms with Crippen molar-refractivity contribution in [1.29, 1.82) is 0 Å². The van der Waals surface area contributed by atoms with E-state index in [1.54, 1.807) is 17.5 Å². The molecule has 2 heterocycles. The fourth-order valence-corrected chi connectivity index (χ4v) is 4.70. The van der Waals surface area contributed by atoms with E-state index in [1.807, 2.05) is 29.8 Å². The maximum Gasteiger partial charge on any atom is 0.228 e. The normalized spacial score (nSPS) is 14.3. The third-order valence-electron chi connectivity index (χ3n) is 5.36. The van der Waals surface area contributed by atoms with Crippen molar-refractivity contribution >= 4 is 17.2 Å². The van der Waals surface area contributed by atoms with E-state index in [9.17, 15) is 4.79 Å². The molecule has 28 heavy (non-hydrogen) atoms. The quantitative estimate of drug-likeness (QED) is 0.583.